The van der Waals surface area contributed by atoms with Gasteiger partial charge in [0.05, 0.1) is 30.8 Å². The molecule has 0 aromatic carbocycles. The summed E-state index contributed by atoms with van der Waals surface area (Å²) in [6.45, 7) is 1.15. The van der Waals surface area contributed by atoms with E-state index >= 15 is 0 Å². The van der Waals surface area contributed by atoms with Crippen molar-refractivity contribution in [3.8, 4) is 0 Å². The van der Waals surface area contributed by atoms with Crippen LogP contribution in [0, 0.1) is 0 Å². The van der Waals surface area contributed by atoms with Gasteiger partial charge in [-0.15, -0.1) is 5.10 Å². The van der Waals surface area contributed by atoms with Crippen molar-refractivity contribution in [3.63, 3.8) is 0 Å². The minimum atomic E-state index is -3.49. The number of hydrogen-bond donors (Lipinski definition) is 0. The van der Waals surface area contributed by atoms with Crippen molar-refractivity contribution in [2.45, 2.75) is 17.5 Å². The first-order chi connectivity index (χ1) is 11.5. The highest BCUT2D eigenvalue weighted by atomic mass is 32.2. The Labute approximate surface area is 137 Å². The van der Waals surface area contributed by atoms with Gasteiger partial charge in [-0.05, 0) is 0 Å². The molecular weight excluding hydrogens is 334 g/mol. The van der Waals surface area contributed by atoms with E-state index in [-0.39, 0.29) is 10.9 Å². The lowest BCUT2D eigenvalue weighted by Gasteiger charge is -2.37. The van der Waals surface area contributed by atoms with Crippen LogP contribution in [0.25, 0.3) is 0 Å². The molecule has 3 aromatic rings. The molecule has 24 heavy (non-hydrogen) atoms. The fraction of sp³-hybridized carbons (Fsp3) is 0.417. The molecular formula is C12H15N9O2S. The average molecular weight is 349 g/mol. The molecule has 11 nitrogen and oxygen atoms in total. The third kappa shape index (κ3) is 2.59. The van der Waals surface area contributed by atoms with Gasteiger partial charge in [-0.2, -0.15) is 24.4 Å². The second-order valence-electron chi connectivity index (χ2n) is 5.57. The van der Waals surface area contributed by atoms with Gasteiger partial charge in [-0.25, -0.2) is 13.1 Å². The second-order valence-corrected chi connectivity index (χ2v) is 7.51. The van der Waals surface area contributed by atoms with Crippen LogP contribution in [-0.4, -0.2) is 65.6 Å². The maximum absolute atomic E-state index is 12.4. The maximum atomic E-state index is 12.4. The van der Waals surface area contributed by atoms with E-state index in [0.717, 1.165) is 5.69 Å². The molecule has 0 N–H and O–H groups in total. The minimum Gasteiger partial charge on any atom is -0.274 e. The second kappa shape index (κ2) is 5.49. The van der Waals surface area contributed by atoms with Crippen LogP contribution in [0.3, 0.4) is 0 Å². The Morgan fingerprint density at radius 3 is 2.58 bits per heavy atom. The zero-order valence-electron chi connectivity index (χ0n) is 12.8. The van der Waals surface area contributed by atoms with Gasteiger partial charge in [-0.1, -0.05) is 5.21 Å². The van der Waals surface area contributed by atoms with E-state index < -0.39 is 10.0 Å². The number of nitrogens with zero attached hydrogens (tertiary/aromatic N) is 9. The van der Waals surface area contributed by atoms with Crippen LogP contribution >= 0.6 is 0 Å². The lowest BCUT2D eigenvalue weighted by atomic mass is 10.2. The Balaban J connectivity index is 1.41. The van der Waals surface area contributed by atoms with Crippen molar-refractivity contribution < 1.29 is 8.42 Å². The summed E-state index contributed by atoms with van der Waals surface area (Å²) >= 11 is 0. The first-order valence-electron chi connectivity index (χ1n) is 7.26. The largest absolute Gasteiger partial charge is 0.274 e. The highest BCUT2D eigenvalue weighted by Gasteiger charge is 2.38. The molecule has 0 unspecified atom stereocenters. The lowest BCUT2D eigenvalue weighted by Crippen LogP contribution is -2.50. The molecule has 12 heteroatoms. The van der Waals surface area contributed by atoms with Crippen LogP contribution in [0.4, 0.5) is 0 Å². The highest BCUT2D eigenvalue weighted by molar-refractivity contribution is 7.89. The van der Waals surface area contributed by atoms with Gasteiger partial charge in [0.15, 0.2) is 0 Å². The molecule has 0 radical (unpaired) electrons. The van der Waals surface area contributed by atoms with Crippen LogP contribution in [0.15, 0.2) is 35.9 Å². The van der Waals surface area contributed by atoms with Crippen LogP contribution in [-0.2, 0) is 23.6 Å². The van der Waals surface area contributed by atoms with E-state index in [2.05, 4.69) is 25.6 Å². The van der Waals surface area contributed by atoms with Crippen molar-refractivity contribution in [2.75, 3.05) is 13.1 Å². The Bertz CT molecular complexity index is 937. The smallest absolute Gasteiger partial charge is 0.246 e. The van der Waals surface area contributed by atoms with Crippen molar-refractivity contribution in [1.82, 2.24) is 44.1 Å². The summed E-state index contributed by atoms with van der Waals surface area (Å²) in [6, 6.07) is -0.0247. The van der Waals surface area contributed by atoms with Gasteiger partial charge in [0.1, 0.15) is 17.1 Å². The van der Waals surface area contributed by atoms with Gasteiger partial charge < -0.3 is 0 Å². The maximum Gasteiger partial charge on any atom is 0.246 e. The summed E-state index contributed by atoms with van der Waals surface area (Å²) in [7, 11) is -1.81. The highest BCUT2D eigenvalue weighted by Crippen LogP contribution is 2.27. The normalized spacial score (nSPS) is 16.4. The van der Waals surface area contributed by atoms with E-state index in [1.165, 1.54) is 26.2 Å². The van der Waals surface area contributed by atoms with Crippen molar-refractivity contribution >= 4 is 10.0 Å². The number of sulfonamides is 1. The van der Waals surface area contributed by atoms with Crippen LogP contribution in [0.1, 0.15) is 11.7 Å². The molecule has 126 valence electrons. The summed E-state index contributed by atoms with van der Waals surface area (Å²) in [5.74, 6) is 0. The Morgan fingerprint density at radius 1 is 1.17 bits per heavy atom. The number of hydrogen-bond acceptors (Lipinski definition) is 7. The van der Waals surface area contributed by atoms with Crippen molar-refractivity contribution in [3.05, 3.63) is 36.7 Å². The van der Waals surface area contributed by atoms with Gasteiger partial charge in [0, 0.05) is 26.3 Å². The SMILES string of the molecule is Cn1cc(S(=O)(=O)N2CC(n3cc(Cn4nccn4)nn3)C2)cn1. The van der Waals surface area contributed by atoms with E-state index in [0.29, 0.717) is 19.6 Å². The van der Waals surface area contributed by atoms with Gasteiger partial charge in [0.2, 0.25) is 10.0 Å². The summed E-state index contributed by atoms with van der Waals surface area (Å²) in [6.07, 6.45) is 7.83. The van der Waals surface area contributed by atoms with Gasteiger partial charge in [-0.3, -0.25) is 4.68 Å². The van der Waals surface area contributed by atoms with Crippen molar-refractivity contribution in [1.29, 1.82) is 0 Å². The first kappa shape index (κ1) is 15.0. The number of rotatable bonds is 5. The van der Waals surface area contributed by atoms with Gasteiger partial charge in [0.25, 0.3) is 0 Å². The number of aromatic nitrogens is 8. The fourth-order valence-corrected chi connectivity index (χ4v) is 4.00. The molecule has 0 atom stereocenters. The first-order valence-corrected chi connectivity index (χ1v) is 8.70. The molecule has 3 aromatic heterocycles. The third-order valence-electron chi connectivity index (χ3n) is 3.85. The topological polar surface area (TPSA) is 117 Å². The van der Waals surface area contributed by atoms with Crippen LogP contribution < -0.4 is 0 Å². The molecule has 0 saturated carbocycles. The summed E-state index contributed by atoms with van der Waals surface area (Å²) in [5.41, 5.74) is 0.722. The van der Waals surface area contributed by atoms with Crippen LogP contribution in [0.2, 0.25) is 0 Å². The molecule has 1 aliphatic rings. The number of aryl methyl sites for hydroxylation is 1. The molecule has 4 heterocycles. The van der Waals surface area contributed by atoms with Crippen molar-refractivity contribution in [2.24, 2.45) is 7.05 Å². The molecule has 1 saturated heterocycles. The lowest BCUT2D eigenvalue weighted by molar-refractivity contribution is 0.189. The Morgan fingerprint density at radius 2 is 1.92 bits per heavy atom. The zero-order chi connectivity index (χ0) is 16.7. The average Bonchev–Trinajstić information content (AvgIpc) is 3.20. The predicted octanol–water partition coefficient (Wildman–Crippen LogP) is -1.10. The molecule has 4 rings (SSSR count). The fourth-order valence-electron chi connectivity index (χ4n) is 2.50. The molecule has 0 aliphatic carbocycles. The van der Waals surface area contributed by atoms with E-state index in [1.54, 1.807) is 30.3 Å². The molecule has 1 aliphatic heterocycles. The summed E-state index contributed by atoms with van der Waals surface area (Å²) in [5, 5.41) is 20.1. The quantitative estimate of drug-likeness (QED) is 0.574. The summed E-state index contributed by atoms with van der Waals surface area (Å²) in [4.78, 5) is 1.71. The van der Waals surface area contributed by atoms with E-state index in [9.17, 15) is 8.42 Å². The zero-order valence-corrected chi connectivity index (χ0v) is 13.7. The Kier molecular flexibility index (Phi) is 3.42. The predicted molar refractivity (Wildman–Crippen MR) is 80.1 cm³/mol. The monoisotopic (exact) mass is 349 g/mol. The molecule has 0 bridgehead atoms. The van der Waals surface area contributed by atoms with E-state index in [4.69, 9.17) is 0 Å². The standard InChI is InChI=1S/C12H15N9O2S/c1-18-9-12(4-15-18)24(22,23)19-7-11(8-19)20-5-10(16-17-20)6-21-13-2-3-14-21/h2-5,9,11H,6-8H2,1H3. The Hall–Kier alpha value is -2.60. The third-order valence-corrected chi connectivity index (χ3v) is 5.63. The minimum absolute atomic E-state index is 0.0247. The van der Waals surface area contributed by atoms with Crippen LogP contribution in [0.5, 0.6) is 0 Å². The summed E-state index contributed by atoms with van der Waals surface area (Å²) < 4.78 is 29.4. The molecule has 0 spiro atoms. The van der Waals surface area contributed by atoms with Gasteiger partial charge >= 0.3 is 0 Å². The van der Waals surface area contributed by atoms with E-state index in [1.807, 2.05) is 0 Å². The molecule has 0 amide bonds. The molecule has 1 fully saturated rings.